The Labute approximate surface area is 114 Å². The van der Waals surface area contributed by atoms with E-state index in [1.54, 1.807) is 0 Å². The zero-order valence-corrected chi connectivity index (χ0v) is 12.5. The fourth-order valence-corrected chi connectivity index (χ4v) is 3.47. The Morgan fingerprint density at radius 1 is 1.39 bits per heavy atom. The molecule has 0 bridgehead atoms. The van der Waals surface area contributed by atoms with Crippen molar-refractivity contribution in [3.8, 4) is 0 Å². The number of aryl methyl sites for hydroxylation is 2. The lowest BCUT2D eigenvalue weighted by Crippen LogP contribution is -2.32. The molecule has 0 amide bonds. The summed E-state index contributed by atoms with van der Waals surface area (Å²) >= 11 is 1.88. The van der Waals surface area contributed by atoms with Crippen LogP contribution in [0.2, 0.25) is 0 Å². The zero-order chi connectivity index (χ0) is 13.2. The molecule has 1 fully saturated rings. The van der Waals surface area contributed by atoms with Crippen molar-refractivity contribution in [1.82, 2.24) is 4.98 Å². The van der Waals surface area contributed by atoms with Gasteiger partial charge >= 0.3 is 0 Å². The maximum absolute atomic E-state index is 6.05. The fraction of sp³-hybridized carbons (Fsp3) is 0.786. The molecule has 0 saturated carbocycles. The van der Waals surface area contributed by atoms with Crippen LogP contribution < -0.4 is 5.73 Å². The summed E-state index contributed by atoms with van der Waals surface area (Å²) in [4.78, 5) is 6.17. The van der Waals surface area contributed by atoms with Crippen molar-refractivity contribution >= 4 is 11.3 Å². The van der Waals surface area contributed by atoms with Crippen LogP contribution in [-0.2, 0) is 11.2 Å². The van der Waals surface area contributed by atoms with E-state index in [9.17, 15) is 0 Å². The molecule has 0 unspecified atom stereocenters. The Bertz CT molecular complexity index is 389. The molecule has 2 rings (SSSR count). The third-order valence-corrected chi connectivity index (χ3v) is 4.86. The van der Waals surface area contributed by atoms with Gasteiger partial charge in [-0.3, -0.25) is 0 Å². The number of ether oxygens (including phenoxy) is 1. The average Bonchev–Trinajstić information content (AvgIpc) is 2.68. The van der Waals surface area contributed by atoms with Gasteiger partial charge in [-0.25, -0.2) is 4.98 Å². The summed E-state index contributed by atoms with van der Waals surface area (Å²) < 4.78 is 5.41. The number of rotatable bonds is 4. The first-order chi connectivity index (χ1) is 8.46. The van der Waals surface area contributed by atoms with E-state index < -0.39 is 0 Å². The summed E-state index contributed by atoms with van der Waals surface area (Å²) in [5, 5.41) is 1.31. The molecular weight excluding hydrogens is 244 g/mol. The molecule has 0 radical (unpaired) electrons. The minimum Gasteiger partial charge on any atom is -0.381 e. The molecule has 0 aliphatic carbocycles. The molecule has 1 aromatic rings. The molecule has 0 aromatic carbocycles. The number of nitrogens with two attached hydrogens (primary N) is 1. The van der Waals surface area contributed by atoms with Crippen molar-refractivity contribution in [1.29, 1.82) is 0 Å². The van der Waals surface area contributed by atoms with E-state index in [1.807, 2.05) is 11.3 Å². The van der Waals surface area contributed by atoms with E-state index in [-0.39, 0.29) is 5.54 Å². The summed E-state index contributed by atoms with van der Waals surface area (Å²) in [6.45, 7) is 8.06. The van der Waals surface area contributed by atoms with E-state index in [0.29, 0.717) is 5.92 Å². The van der Waals surface area contributed by atoms with Crippen molar-refractivity contribution in [3.05, 3.63) is 15.6 Å². The third kappa shape index (κ3) is 3.77. The van der Waals surface area contributed by atoms with Gasteiger partial charge in [-0.15, -0.1) is 11.3 Å². The highest BCUT2D eigenvalue weighted by Crippen LogP contribution is 2.32. The number of nitrogens with zero attached hydrogens (tertiary/aromatic N) is 1. The minimum absolute atomic E-state index is 0.0880. The largest absolute Gasteiger partial charge is 0.381 e. The highest BCUT2D eigenvalue weighted by Gasteiger charge is 2.21. The normalized spacial score (nSPS) is 18.2. The van der Waals surface area contributed by atoms with E-state index >= 15 is 0 Å². The predicted molar refractivity (Wildman–Crippen MR) is 76.2 cm³/mol. The van der Waals surface area contributed by atoms with Gasteiger partial charge in [0.05, 0.1) is 10.7 Å². The van der Waals surface area contributed by atoms with Gasteiger partial charge in [-0.2, -0.15) is 0 Å². The molecule has 2 N–H and O–H groups in total. The molecule has 102 valence electrons. The quantitative estimate of drug-likeness (QED) is 0.913. The van der Waals surface area contributed by atoms with Crippen LogP contribution in [-0.4, -0.2) is 23.7 Å². The molecule has 1 aliphatic heterocycles. The van der Waals surface area contributed by atoms with Crippen LogP contribution >= 0.6 is 11.3 Å². The van der Waals surface area contributed by atoms with Crippen LogP contribution in [0.25, 0.3) is 0 Å². The van der Waals surface area contributed by atoms with Gasteiger partial charge in [-0.1, -0.05) is 0 Å². The Kier molecular flexibility index (Phi) is 4.41. The van der Waals surface area contributed by atoms with Gasteiger partial charge in [0.2, 0.25) is 0 Å². The van der Waals surface area contributed by atoms with Crippen LogP contribution in [0, 0.1) is 6.92 Å². The molecule has 0 atom stereocenters. The standard InChI is InChI=1S/C14H24N2OS/c1-10-12(4-7-14(2,3)15)18-13(16-10)11-5-8-17-9-6-11/h11H,4-9,15H2,1-3H3. The smallest absolute Gasteiger partial charge is 0.0963 e. The predicted octanol–water partition coefficient (Wildman–Crippen LogP) is 3.02. The van der Waals surface area contributed by atoms with Crippen molar-refractivity contribution in [2.24, 2.45) is 5.73 Å². The highest BCUT2D eigenvalue weighted by atomic mass is 32.1. The monoisotopic (exact) mass is 268 g/mol. The lowest BCUT2D eigenvalue weighted by molar-refractivity contribution is 0.0852. The third-order valence-electron chi connectivity index (χ3n) is 3.48. The lowest BCUT2D eigenvalue weighted by atomic mass is 9.99. The van der Waals surface area contributed by atoms with Crippen molar-refractivity contribution in [2.45, 2.75) is 57.9 Å². The van der Waals surface area contributed by atoms with Gasteiger partial charge in [0, 0.05) is 29.5 Å². The van der Waals surface area contributed by atoms with Crippen LogP contribution in [0.15, 0.2) is 0 Å². The SMILES string of the molecule is Cc1nc(C2CCOCC2)sc1CCC(C)(C)N. The van der Waals surface area contributed by atoms with E-state index in [0.717, 1.165) is 38.9 Å². The van der Waals surface area contributed by atoms with Gasteiger partial charge in [0.15, 0.2) is 0 Å². The topological polar surface area (TPSA) is 48.1 Å². The maximum Gasteiger partial charge on any atom is 0.0963 e. The number of hydrogen-bond donors (Lipinski definition) is 1. The molecule has 4 heteroatoms. The van der Waals surface area contributed by atoms with Gasteiger partial charge in [0.25, 0.3) is 0 Å². The van der Waals surface area contributed by atoms with Gasteiger partial charge < -0.3 is 10.5 Å². The number of thiazole rings is 1. The first-order valence-corrected chi connectivity index (χ1v) is 7.60. The second kappa shape index (κ2) is 5.68. The van der Waals surface area contributed by atoms with Crippen LogP contribution in [0.4, 0.5) is 0 Å². The summed E-state index contributed by atoms with van der Waals surface area (Å²) in [5.74, 6) is 0.613. The van der Waals surface area contributed by atoms with E-state index in [1.165, 1.54) is 15.6 Å². The molecule has 18 heavy (non-hydrogen) atoms. The molecule has 0 spiro atoms. The van der Waals surface area contributed by atoms with Crippen molar-refractivity contribution in [2.75, 3.05) is 13.2 Å². The van der Waals surface area contributed by atoms with E-state index in [2.05, 4.69) is 20.8 Å². The number of hydrogen-bond acceptors (Lipinski definition) is 4. The summed E-state index contributed by atoms with van der Waals surface area (Å²) in [7, 11) is 0. The Hall–Kier alpha value is -0.450. The minimum atomic E-state index is -0.0880. The lowest BCUT2D eigenvalue weighted by Gasteiger charge is -2.19. The average molecular weight is 268 g/mol. The van der Waals surface area contributed by atoms with E-state index in [4.69, 9.17) is 15.5 Å². The molecule has 1 aromatic heterocycles. The Balaban J connectivity index is 2.02. The highest BCUT2D eigenvalue weighted by molar-refractivity contribution is 7.11. The summed E-state index contributed by atoms with van der Waals surface area (Å²) in [6.07, 6.45) is 4.31. The van der Waals surface area contributed by atoms with Crippen LogP contribution in [0.3, 0.4) is 0 Å². The first-order valence-electron chi connectivity index (χ1n) is 6.78. The molecule has 3 nitrogen and oxygen atoms in total. The summed E-state index contributed by atoms with van der Waals surface area (Å²) in [5.41, 5.74) is 7.16. The first kappa shape index (κ1) is 14.0. The van der Waals surface area contributed by atoms with Gasteiger partial charge in [-0.05, 0) is 46.5 Å². The zero-order valence-electron chi connectivity index (χ0n) is 11.7. The second-order valence-electron chi connectivity index (χ2n) is 5.94. The maximum atomic E-state index is 6.05. The van der Waals surface area contributed by atoms with Crippen molar-refractivity contribution < 1.29 is 4.74 Å². The van der Waals surface area contributed by atoms with Gasteiger partial charge in [0.1, 0.15) is 0 Å². The van der Waals surface area contributed by atoms with Crippen LogP contribution in [0.5, 0.6) is 0 Å². The Morgan fingerprint density at radius 3 is 2.67 bits per heavy atom. The van der Waals surface area contributed by atoms with Crippen LogP contribution in [0.1, 0.15) is 54.6 Å². The molecular formula is C14H24N2OS. The second-order valence-corrected chi connectivity index (χ2v) is 7.05. The van der Waals surface area contributed by atoms with Crippen molar-refractivity contribution in [3.63, 3.8) is 0 Å². The fourth-order valence-electron chi connectivity index (χ4n) is 2.24. The molecule has 1 saturated heterocycles. The molecule has 1 aliphatic rings. The molecule has 2 heterocycles. The summed E-state index contributed by atoms with van der Waals surface area (Å²) in [6, 6.07) is 0. The Morgan fingerprint density at radius 2 is 2.06 bits per heavy atom. The number of aromatic nitrogens is 1.